The van der Waals surface area contributed by atoms with Gasteiger partial charge in [0.25, 0.3) is 5.91 Å². The van der Waals surface area contributed by atoms with Gasteiger partial charge < -0.3 is 9.73 Å². The van der Waals surface area contributed by atoms with Gasteiger partial charge in [0.1, 0.15) is 12.0 Å². The Hall–Kier alpha value is -1.25. The standard InChI is InChI=1S/C8H11NO2/c1-3-7-4-6(5-11-7)8(10)9-2/h4-5H,3H2,1-2H3,(H,9,10). The summed E-state index contributed by atoms with van der Waals surface area (Å²) in [6.45, 7) is 1.98. The van der Waals surface area contributed by atoms with Crippen LogP contribution in [0.15, 0.2) is 16.7 Å². The average Bonchev–Trinajstić information content (AvgIpc) is 2.50. The van der Waals surface area contributed by atoms with Crippen LogP contribution in [-0.2, 0) is 6.42 Å². The molecule has 1 heterocycles. The third-order valence-electron chi connectivity index (χ3n) is 1.49. The van der Waals surface area contributed by atoms with Crippen molar-refractivity contribution in [3.05, 3.63) is 23.7 Å². The van der Waals surface area contributed by atoms with E-state index in [1.807, 2.05) is 6.92 Å². The van der Waals surface area contributed by atoms with Gasteiger partial charge in [0.2, 0.25) is 0 Å². The van der Waals surface area contributed by atoms with E-state index in [2.05, 4.69) is 5.32 Å². The maximum atomic E-state index is 11.0. The largest absolute Gasteiger partial charge is 0.469 e. The Morgan fingerprint density at radius 2 is 2.45 bits per heavy atom. The maximum Gasteiger partial charge on any atom is 0.254 e. The maximum absolute atomic E-state index is 11.0. The van der Waals surface area contributed by atoms with E-state index in [1.54, 1.807) is 13.1 Å². The number of carbonyl (C=O) groups is 1. The lowest BCUT2D eigenvalue weighted by molar-refractivity contribution is 0.0962. The van der Waals surface area contributed by atoms with Gasteiger partial charge in [0, 0.05) is 13.5 Å². The van der Waals surface area contributed by atoms with E-state index in [4.69, 9.17) is 4.42 Å². The molecule has 0 unspecified atom stereocenters. The predicted octanol–water partition coefficient (Wildman–Crippen LogP) is 1.20. The van der Waals surface area contributed by atoms with Crippen LogP contribution in [0.25, 0.3) is 0 Å². The van der Waals surface area contributed by atoms with Gasteiger partial charge in [-0.05, 0) is 6.07 Å². The lowest BCUT2D eigenvalue weighted by atomic mass is 10.3. The van der Waals surface area contributed by atoms with Crippen molar-refractivity contribution >= 4 is 5.91 Å². The lowest BCUT2D eigenvalue weighted by Crippen LogP contribution is -2.16. The van der Waals surface area contributed by atoms with Gasteiger partial charge in [-0.3, -0.25) is 4.79 Å². The molecule has 0 radical (unpaired) electrons. The highest BCUT2D eigenvalue weighted by Gasteiger charge is 2.05. The molecule has 0 bridgehead atoms. The quantitative estimate of drug-likeness (QED) is 0.693. The normalized spacial score (nSPS) is 9.64. The average molecular weight is 153 g/mol. The number of aryl methyl sites for hydroxylation is 1. The Kier molecular flexibility index (Phi) is 2.31. The topological polar surface area (TPSA) is 42.2 Å². The Morgan fingerprint density at radius 3 is 2.91 bits per heavy atom. The van der Waals surface area contributed by atoms with Crippen molar-refractivity contribution < 1.29 is 9.21 Å². The second kappa shape index (κ2) is 3.23. The number of hydrogen-bond donors (Lipinski definition) is 1. The van der Waals surface area contributed by atoms with Gasteiger partial charge >= 0.3 is 0 Å². The summed E-state index contributed by atoms with van der Waals surface area (Å²) in [6.07, 6.45) is 2.29. The number of carbonyl (C=O) groups excluding carboxylic acids is 1. The van der Waals surface area contributed by atoms with Crippen LogP contribution in [0.3, 0.4) is 0 Å². The summed E-state index contributed by atoms with van der Waals surface area (Å²) in [4.78, 5) is 11.0. The van der Waals surface area contributed by atoms with Crippen molar-refractivity contribution in [2.45, 2.75) is 13.3 Å². The van der Waals surface area contributed by atoms with E-state index in [9.17, 15) is 4.79 Å². The molecular weight excluding hydrogens is 142 g/mol. The first-order valence-electron chi connectivity index (χ1n) is 3.57. The fourth-order valence-electron chi connectivity index (χ4n) is 0.829. The van der Waals surface area contributed by atoms with E-state index >= 15 is 0 Å². The summed E-state index contributed by atoms with van der Waals surface area (Å²) in [5.74, 6) is 0.733. The van der Waals surface area contributed by atoms with Crippen molar-refractivity contribution in [2.24, 2.45) is 0 Å². The molecule has 3 heteroatoms. The van der Waals surface area contributed by atoms with Gasteiger partial charge in [-0.1, -0.05) is 6.92 Å². The Morgan fingerprint density at radius 1 is 1.73 bits per heavy atom. The molecule has 0 saturated carbocycles. The van der Waals surface area contributed by atoms with E-state index in [0.717, 1.165) is 12.2 Å². The first-order chi connectivity index (χ1) is 5.27. The van der Waals surface area contributed by atoms with Crippen LogP contribution < -0.4 is 5.32 Å². The number of rotatable bonds is 2. The van der Waals surface area contributed by atoms with Crippen LogP contribution in [-0.4, -0.2) is 13.0 Å². The smallest absolute Gasteiger partial charge is 0.254 e. The summed E-state index contributed by atoms with van der Waals surface area (Å²) in [7, 11) is 1.60. The highest BCUT2D eigenvalue weighted by Crippen LogP contribution is 2.07. The predicted molar refractivity (Wildman–Crippen MR) is 41.5 cm³/mol. The molecule has 11 heavy (non-hydrogen) atoms. The van der Waals surface area contributed by atoms with Crippen molar-refractivity contribution in [1.82, 2.24) is 5.32 Å². The first-order valence-corrected chi connectivity index (χ1v) is 3.57. The molecule has 0 fully saturated rings. The fraction of sp³-hybridized carbons (Fsp3) is 0.375. The Bertz CT molecular complexity index is 252. The van der Waals surface area contributed by atoms with Gasteiger partial charge in [-0.25, -0.2) is 0 Å². The van der Waals surface area contributed by atoms with E-state index in [0.29, 0.717) is 5.56 Å². The van der Waals surface area contributed by atoms with E-state index in [1.165, 1.54) is 6.26 Å². The summed E-state index contributed by atoms with van der Waals surface area (Å²) in [5, 5.41) is 2.52. The summed E-state index contributed by atoms with van der Waals surface area (Å²) in [5.41, 5.74) is 0.587. The molecular formula is C8H11NO2. The molecule has 60 valence electrons. The van der Waals surface area contributed by atoms with Gasteiger partial charge in [-0.2, -0.15) is 0 Å². The van der Waals surface area contributed by atoms with Crippen molar-refractivity contribution in [1.29, 1.82) is 0 Å². The Labute approximate surface area is 65.4 Å². The zero-order valence-corrected chi connectivity index (χ0v) is 6.68. The third kappa shape index (κ3) is 1.61. The molecule has 0 saturated heterocycles. The first kappa shape index (κ1) is 7.85. The molecule has 3 nitrogen and oxygen atoms in total. The zero-order chi connectivity index (χ0) is 8.27. The van der Waals surface area contributed by atoms with Crippen LogP contribution in [0.4, 0.5) is 0 Å². The third-order valence-corrected chi connectivity index (χ3v) is 1.49. The lowest BCUT2D eigenvalue weighted by Gasteiger charge is -1.90. The molecule has 0 aliphatic heterocycles. The van der Waals surface area contributed by atoms with Crippen LogP contribution in [0.5, 0.6) is 0 Å². The Balaban J connectivity index is 2.80. The van der Waals surface area contributed by atoms with Crippen LogP contribution in [0, 0.1) is 0 Å². The minimum atomic E-state index is -0.103. The molecule has 1 rings (SSSR count). The van der Waals surface area contributed by atoms with Crippen LogP contribution in [0.1, 0.15) is 23.0 Å². The molecule has 0 aliphatic rings. The summed E-state index contributed by atoms with van der Waals surface area (Å²) in [6, 6.07) is 1.75. The number of furan rings is 1. The monoisotopic (exact) mass is 153 g/mol. The SMILES string of the molecule is CCc1cc(C(=O)NC)co1. The van der Waals surface area contributed by atoms with Gasteiger partial charge in [0.05, 0.1) is 5.56 Å². The minimum Gasteiger partial charge on any atom is -0.469 e. The number of nitrogens with one attached hydrogen (secondary N) is 1. The molecule has 1 aromatic heterocycles. The second-order valence-electron chi connectivity index (χ2n) is 2.23. The second-order valence-corrected chi connectivity index (χ2v) is 2.23. The van der Waals surface area contributed by atoms with Crippen molar-refractivity contribution in [3.8, 4) is 0 Å². The molecule has 1 N–H and O–H groups in total. The highest BCUT2D eigenvalue weighted by atomic mass is 16.3. The fourth-order valence-corrected chi connectivity index (χ4v) is 0.829. The molecule has 1 aromatic rings. The van der Waals surface area contributed by atoms with Crippen LogP contribution in [0.2, 0.25) is 0 Å². The van der Waals surface area contributed by atoms with Gasteiger partial charge in [-0.15, -0.1) is 0 Å². The zero-order valence-electron chi connectivity index (χ0n) is 6.68. The molecule has 0 atom stereocenters. The van der Waals surface area contributed by atoms with E-state index in [-0.39, 0.29) is 5.91 Å². The summed E-state index contributed by atoms with van der Waals surface area (Å²) < 4.78 is 5.08. The van der Waals surface area contributed by atoms with Crippen molar-refractivity contribution in [2.75, 3.05) is 7.05 Å². The van der Waals surface area contributed by atoms with Crippen LogP contribution >= 0.6 is 0 Å². The number of amides is 1. The number of hydrogen-bond acceptors (Lipinski definition) is 2. The van der Waals surface area contributed by atoms with Gasteiger partial charge in [0.15, 0.2) is 0 Å². The van der Waals surface area contributed by atoms with E-state index < -0.39 is 0 Å². The highest BCUT2D eigenvalue weighted by molar-refractivity contribution is 5.93. The molecule has 0 aromatic carbocycles. The van der Waals surface area contributed by atoms with Crippen molar-refractivity contribution in [3.63, 3.8) is 0 Å². The molecule has 0 spiro atoms. The minimum absolute atomic E-state index is 0.103. The molecule has 0 aliphatic carbocycles. The summed E-state index contributed by atoms with van der Waals surface area (Å²) >= 11 is 0. The molecule has 1 amide bonds.